The summed E-state index contributed by atoms with van der Waals surface area (Å²) in [6, 6.07) is 0. The van der Waals surface area contributed by atoms with E-state index in [4.69, 9.17) is 52.6 Å². The third kappa shape index (κ3) is 14500. The summed E-state index contributed by atoms with van der Waals surface area (Å²) in [5.41, 5.74) is 0. The summed E-state index contributed by atoms with van der Waals surface area (Å²) in [4.78, 5) is 0. The molecule has 14 nitrogen and oxygen atoms in total. The van der Waals surface area contributed by atoms with Crippen LogP contribution in [-0.2, 0) is 31.2 Å². The molecule has 0 bridgehead atoms. The van der Waals surface area contributed by atoms with Gasteiger partial charge in [-0.25, -0.2) is 0 Å². The van der Waals surface area contributed by atoms with Gasteiger partial charge in [0, 0.05) is 20.8 Å². The van der Waals surface area contributed by atoms with E-state index in [1.165, 1.54) is 0 Å². The molecule has 0 spiro atoms. The van der Waals surface area contributed by atoms with Gasteiger partial charge in [-0.2, -0.15) is 8.42 Å². The molecule has 0 radical (unpaired) electrons. The van der Waals surface area contributed by atoms with Crippen molar-refractivity contribution in [3.63, 3.8) is 0 Å². The SMILES string of the molecule is O=S(=O)(O)O.O=S(=O)([O-])[O-].O=S(=O)([O-])[O-].[NH2][Al+2].[NH2][Al+2]. The van der Waals surface area contributed by atoms with Crippen LogP contribution in [0.3, 0.4) is 0 Å². The zero-order valence-corrected chi connectivity index (χ0v) is 13.3. The van der Waals surface area contributed by atoms with Crippen LogP contribution < -0.4 is 9.43 Å². The Balaban J connectivity index is -0.0000000455. The minimum atomic E-state index is -5.17. The third-order valence-corrected chi connectivity index (χ3v) is 0. The second-order valence-corrected chi connectivity index (χ2v) is 3.79. The molecule has 19 heteroatoms. The van der Waals surface area contributed by atoms with E-state index >= 15 is 0 Å². The summed E-state index contributed by atoms with van der Waals surface area (Å²) in [6.45, 7) is 0. The Morgan fingerprint density at radius 3 is 0.632 bits per heavy atom. The first-order valence-electron chi connectivity index (χ1n) is 2.70. The van der Waals surface area contributed by atoms with Crippen molar-refractivity contribution in [2.75, 3.05) is 0 Å². The van der Waals surface area contributed by atoms with E-state index in [1.54, 1.807) is 0 Å². The predicted octanol–water partition coefficient (Wildman–Crippen LogP) is -5.27. The summed E-state index contributed by atoms with van der Waals surface area (Å²) in [5.74, 6) is 0. The van der Waals surface area contributed by atoms with Gasteiger partial charge in [0.15, 0.2) is 0 Å². The molecule has 0 rings (SSSR count). The maximum atomic E-state index is 8.74. The van der Waals surface area contributed by atoms with Gasteiger partial charge in [0.25, 0.3) is 0 Å². The Morgan fingerprint density at radius 1 is 0.632 bits per heavy atom. The fourth-order valence-corrected chi connectivity index (χ4v) is 0. The van der Waals surface area contributed by atoms with Gasteiger partial charge in [-0.3, -0.25) is 25.9 Å². The van der Waals surface area contributed by atoms with Crippen molar-refractivity contribution in [2.45, 2.75) is 0 Å². The molecule has 19 heavy (non-hydrogen) atoms. The molecular formula is H6Al2N2O12S3. The molecule has 0 atom stereocenters. The van der Waals surface area contributed by atoms with Crippen LogP contribution in [0.1, 0.15) is 0 Å². The summed E-state index contributed by atoms with van der Waals surface area (Å²) in [5, 5.41) is 0. The van der Waals surface area contributed by atoms with E-state index in [0.29, 0.717) is 0 Å². The molecular weight excluding hydrogens is 370 g/mol. The van der Waals surface area contributed by atoms with Crippen molar-refractivity contribution in [2.24, 2.45) is 9.43 Å². The molecule has 0 aliphatic carbocycles. The first kappa shape index (κ1) is 31.8. The van der Waals surface area contributed by atoms with Gasteiger partial charge in [0.2, 0.25) is 0 Å². The zero-order valence-electron chi connectivity index (χ0n) is 8.51. The van der Waals surface area contributed by atoms with Gasteiger partial charge in [0.05, 0.1) is 0 Å². The van der Waals surface area contributed by atoms with Crippen molar-refractivity contribution in [1.29, 1.82) is 0 Å². The third-order valence-electron chi connectivity index (χ3n) is 0. The predicted molar refractivity (Wildman–Crippen MR) is 55.0 cm³/mol. The molecule has 112 valence electrons. The van der Waals surface area contributed by atoms with Gasteiger partial charge in [-0.15, -0.1) is 0 Å². The Labute approximate surface area is 126 Å². The van der Waals surface area contributed by atoms with Crippen molar-refractivity contribution < 1.29 is 52.6 Å². The Bertz CT molecular complexity index is 350. The van der Waals surface area contributed by atoms with Gasteiger partial charge in [-0.05, 0) is 0 Å². The Kier molecular flexibility index (Phi) is 27.9. The van der Waals surface area contributed by atoms with Gasteiger partial charge >= 0.3 is 52.9 Å². The fraction of sp³-hybridized carbons (Fsp3) is 0. The molecule has 0 aromatic heterocycles. The van der Waals surface area contributed by atoms with Crippen molar-refractivity contribution in [3.05, 3.63) is 0 Å². The van der Waals surface area contributed by atoms with E-state index in [2.05, 4.69) is 9.43 Å². The standard InChI is InChI=1S/2Al.2H2N.3H2O4S/c;;;;3*1-5(2,3)4/h;;2*1H2;3*(H2,1,2,3,4)/q2*+3;2*-1;;;/p-4. The number of rotatable bonds is 0. The topological polar surface area (TPSA) is 287 Å². The van der Waals surface area contributed by atoms with Crippen LogP contribution in [0.2, 0.25) is 0 Å². The van der Waals surface area contributed by atoms with Crippen LogP contribution in [0.4, 0.5) is 0 Å². The van der Waals surface area contributed by atoms with E-state index < -0.39 is 31.2 Å². The van der Waals surface area contributed by atoms with Gasteiger partial charge in [0.1, 0.15) is 0 Å². The second kappa shape index (κ2) is 16.6. The normalized spacial score (nSPS) is 9.89. The number of nitrogens with two attached hydrogens (primary N) is 2. The van der Waals surface area contributed by atoms with Crippen LogP contribution in [0.5, 0.6) is 0 Å². The van der Waals surface area contributed by atoms with E-state index in [0.717, 1.165) is 0 Å². The summed E-state index contributed by atoms with van der Waals surface area (Å²) < 4.78 is 109. The van der Waals surface area contributed by atoms with Crippen LogP contribution in [-0.4, -0.2) is 85.6 Å². The van der Waals surface area contributed by atoms with Crippen molar-refractivity contribution >= 4 is 64.2 Å². The summed E-state index contributed by atoms with van der Waals surface area (Å²) in [6.07, 6.45) is 0. The average Bonchev–Trinajstić information content (AvgIpc) is 2.01. The fourth-order valence-electron chi connectivity index (χ4n) is 0. The Hall–Kier alpha value is 0.595. The summed E-state index contributed by atoms with van der Waals surface area (Å²) >= 11 is 3.83. The first-order chi connectivity index (χ1) is 8.00. The average molecular weight is 376 g/mol. The molecule has 0 amide bonds. The molecule has 0 saturated carbocycles. The monoisotopic (exact) mass is 376 g/mol. The van der Waals surface area contributed by atoms with E-state index in [9.17, 15) is 0 Å². The molecule has 0 saturated heterocycles. The second-order valence-electron chi connectivity index (χ2n) is 1.26. The van der Waals surface area contributed by atoms with Gasteiger partial charge < -0.3 is 18.2 Å². The van der Waals surface area contributed by atoms with E-state index in [1.807, 2.05) is 33.0 Å². The van der Waals surface area contributed by atoms with Crippen LogP contribution >= 0.6 is 0 Å². The van der Waals surface area contributed by atoms with Crippen LogP contribution in [0.25, 0.3) is 0 Å². The molecule has 6 N–H and O–H groups in total. The quantitative estimate of drug-likeness (QED) is 0.174. The molecule has 0 aromatic carbocycles. The van der Waals surface area contributed by atoms with Crippen LogP contribution in [0, 0.1) is 0 Å². The van der Waals surface area contributed by atoms with Gasteiger partial charge in [-0.1, -0.05) is 0 Å². The van der Waals surface area contributed by atoms with E-state index in [-0.39, 0.29) is 0 Å². The van der Waals surface area contributed by atoms with Crippen molar-refractivity contribution in [1.82, 2.24) is 0 Å². The molecule has 0 aliphatic heterocycles. The maximum absolute atomic E-state index is 8.74. The number of hydrogen-bond donors (Lipinski definition) is 4. The zero-order chi connectivity index (χ0) is 17.5. The van der Waals surface area contributed by atoms with Crippen LogP contribution in [0.15, 0.2) is 0 Å². The van der Waals surface area contributed by atoms with Crippen molar-refractivity contribution in [3.8, 4) is 0 Å². The minimum absolute atomic E-state index is 1.92. The molecule has 0 aliphatic rings. The molecule has 0 heterocycles. The molecule has 0 fully saturated rings. The first-order valence-corrected chi connectivity index (χ1v) is 8.10. The molecule has 0 unspecified atom stereocenters. The molecule has 0 aromatic rings. The summed E-state index contributed by atoms with van der Waals surface area (Å²) in [7, 11) is -15.0. The Morgan fingerprint density at radius 2 is 0.632 bits per heavy atom. The number of hydrogen-bond acceptors (Lipinski definition) is 12.